The Balaban J connectivity index is 1.60. The number of hydrogen-bond acceptors (Lipinski definition) is 8. The second kappa shape index (κ2) is 19.2. The summed E-state index contributed by atoms with van der Waals surface area (Å²) < 4.78 is 0. The van der Waals surface area contributed by atoms with E-state index in [-0.39, 0.29) is 35.8 Å². The Hall–Kier alpha value is -5.46. The standard InChI is InChI=1S/C40H48N6O6/c1-25(2)33(45-37(49)29-17-11-19-41-23-29)39(51)43-31(21-27-13-7-5-8-14-27)35(47)36(48)32(22-28-15-9-6-10-16-28)44-40(52)34(26(3)4)46-38(50)30-18-12-20-42-24-30/h5-20,23-26,31-36,47-48H,21-22H2,1-4H3,(H,43,51)(H,44,52)(H,45,49)(H,46,50)/t31?,32?,33-,34-,35?,36?/m0/s1. The van der Waals surface area contributed by atoms with Gasteiger partial charge in [0.2, 0.25) is 11.8 Å². The summed E-state index contributed by atoms with van der Waals surface area (Å²) in [5.74, 6) is -2.74. The molecular weight excluding hydrogens is 660 g/mol. The summed E-state index contributed by atoms with van der Waals surface area (Å²) >= 11 is 0. The van der Waals surface area contributed by atoms with Crippen molar-refractivity contribution in [2.45, 2.75) is 76.9 Å². The highest BCUT2D eigenvalue weighted by Crippen LogP contribution is 2.17. The van der Waals surface area contributed by atoms with Gasteiger partial charge < -0.3 is 31.5 Å². The van der Waals surface area contributed by atoms with Crippen molar-refractivity contribution >= 4 is 23.6 Å². The maximum Gasteiger partial charge on any atom is 0.253 e. The van der Waals surface area contributed by atoms with Crippen LogP contribution in [-0.4, -0.2) is 80.2 Å². The third-order valence-electron chi connectivity index (χ3n) is 8.75. The van der Waals surface area contributed by atoms with Gasteiger partial charge in [-0.15, -0.1) is 0 Å². The fourth-order valence-corrected chi connectivity index (χ4v) is 5.78. The average molecular weight is 709 g/mol. The van der Waals surface area contributed by atoms with Crippen molar-refractivity contribution in [2.24, 2.45) is 11.8 Å². The van der Waals surface area contributed by atoms with E-state index in [1.807, 2.05) is 60.7 Å². The highest BCUT2D eigenvalue weighted by atomic mass is 16.3. The molecule has 4 rings (SSSR count). The molecule has 0 bridgehead atoms. The summed E-state index contributed by atoms with van der Waals surface area (Å²) in [5, 5.41) is 35.1. The lowest BCUT2D eigenvalue weighted by Crippen LogP contribution is -2.61. The Morgan fingerprint density at radius 2 is 0.904 bits per heavy atom. The van der Waals surface area contributed by atoms with Crippen molar-refractivity contribution in [3.63, 3.8) is 0 Å². The Kier molecular flexibility index (Phi) is 14.5. The van der Waals surface area contributed by atoms with E-state index in [1.54, 1.807) is 64.4 Å². The van der Waals surface area contributed by atoms with Crippen LogP contribution in [0.2, 0.25) is 0 Å². The molecule has 4 aromatic rings. The first-order chi connectivity index (χ1) is 24.9. The minimum atomic E-state index is -1.58. The van der Waals surface area contributed by atoms with E-state index < -0.39 is 60.0 Å². The van der Waals surface area contributed by atoms with Crippen LogP contribution in [0.25, 0.3) is 0 Å². The molecule has 52 heavy (non-hydrogen) atoms. The molecule has 0 aliphatic carbocycles. The number of amides is 4. The van der Waals surface area contributed by atoms with Crippen molar-refractivity contribution in [3.05, 3.63) is 132 Å². The number of carbonyl (C=O) groups is 4. The van der Waals surface area contributed by atoms with Gasteiger partial charge in [-0.1, -0.05) is 88.4 Å². The summed E-state index contributed by atoms with van der Waals surface area (Å²) in [4.78, 5) is 61.7. The number of rotatable bonds is 17. The number of aliphatic hydroxyl groups is 2. The minimum Gasteiger partial charge on any atom is -0.388 e. The van der Waals surface area contributed by atoms with Crippen LogP contribution in [0, 0.1) is 11.8 Å². The molecule has 12 heteroatoms. The fourth-order valence-electron chi connectivity index (χ4n) is 5.78. The van der Waals surface area contributed by atoms with E-state index in [4.69, 9.17) is 0 Å². The first kappa shape index (κ1) is 39.3. The summed E-state index contributed by atoms with van der Waals surface area (Å²) in [6.07, 6.45) is 2.99. The van der Waals surface area contributed by atoms with Gasteiger partial charge in [0.1, 0.15) is 24.3 Å². The SMILES string of the molecule is CC(C)[C@H](NC(=O)c1cccnc1)C(=O)NC(Cc1ccccc1)C(O)C(O)C(Cc1ccccc1)NC(=O)[C@@H](NC(=O)c1cccnc1)C(C)C. The van der Waals surface area contributed by atoms with Gasteiger partial charge in [0.05, 0.1) is 23.2 Å². The topological polar surface area (TPSA) is 183 Å². The monoisotopic (exact) mass is 708 g/mol. The third kappa shape index (κ3) is 11.3. The van der Waals surface area contributed by atoms with Crippen molar-refractivity contribution in [1.82, 2.24) is 31.2 Å². The molecule has 2 heterocycles. The number of aromatic nitrogens is 2. The van der Waals surface area contributed by atoms with Crippen molar-refractivity contribution < 1.29 is 29.4 Å². The lowest BCUT2D eigenvalue weighted by Gasteiger charge is -2.35. The zero-order chi connectivity index (χ0) is 37.6. The molecule has 0 spiro atoms. The van der Waals surface area contributed by atoms with E-state index >= 15 is 0 Å². The number of carbonyl (C=O) groups excluding carboxylic acids is 4. The van der Waals surface area contributed by atoms with E-state index in [9.17, 15) is 29.4 Å². The molecule has 0 aliphatic rings. The lowest BCUT2D eigenvalue weighted by atomic mass is 9.90. The van der Waals surface area contributed by atoms with Gasteiger partial charge in [-0.2, -0.15) is 0 Å². The highest BCUT2D eigenvalue weighted by Gasteiger charge is 2.37. The molecule has 0 fully saturated rings. The Bertz CT molecular complexity index is 1600. The number of pyridine rings is 2. The first-order valence-electron chi connectivity index (χ1n) is 17.4. The smallest absolute Gasteiger partial charge is 0.253 e. The summed E-state index contributed by atoms with van der Waals surface area (Å²) in [6, 6.07) is 20.7. The summed E-state index contributed by atoms with van der Waals surface area (Å²) in [7, 11) is 0. The van der Waals surface area contributed by atoms with Gasteiger partial charge in [-0.3, -0.25) is 29.1 Å². The molecule has 0 saturated heterocycles. The molecule has 6 N–H and O–H groups in total. The van der Waals surface area contributed by atoms with Crippen LogP contribution in [0.1, 0.15) is 59.5 Å². The largest absolute Gasteiger partial charge is 0.388 e. The van der Waals surface area contributed by atoms with Crippen LogP contribution in [0.15, 0.2) is 110 Å². The molecule has 2 aromatic carbocycles. The maximum atomic E-state index is 13.9. The van der Waals surface area contributed by atoms with Gasteiger partial charge in [0, 0.05) is 24.8 Å². The van der Waals surface area contributed by atoms with Crippen LogP contribution < -0.4 is 21.3 Å². The zero-order valence-electron chi connectivity index (χ0n) is 29.8. The molecule has 12 nitrogen and oxygen atoms in total. The van der Waals surface area contributed by atoms with E-state index in [2.05, 4.69) is 31.2 Å². The van der Waals surface area contributed by atoms with Gasteiger partial charge >= 0.3 is 0 Å². The van der Waals surface area contributed by atoms with Crippen LogP contribution in [0.5, 0.6) is 0 Å². The van der Waals surface area contributed by atoms with Crippen LogP contribution in [0.3, 0.4) is 0 Å². The number of benzene rings is 2. The molecule has 4 unspecified atom stereocenters. The van der Waals surface area contributed by atoms with Gasteiger partial charge in [-0.25, -0.2) is 0 Å². The second-order valence-corrected chi connectivity index (χ2v) is 13.5. The Morgan fingerprint density at radius 1 is 0.538 bits per heavy atom. The van der Waals surface area contributed by atoms with Crippen molar-refractivity contribution in [3.8, 4) is 0 Å². The number of aliphatic hydroxyl groups excluding tert-OH is 2. The maximum absolute atomic E-state index is 13.9. The number of nitrogens with one attached hydrogen (secondary N) is 4. The highest BCUT2D eigenvalue weighted by molar-refractivity contribution is 5.98. The molecule has 274 valence electrons. The summed E-state index contributed by atoms with van der Waals surface area (Å²) in [5.41, 5.74) is 2.13. The average Bonchev–Trinajstić information content (AvgIpc) is 3.15. The Morgan fingerprint density at radius 3 is 1.21 bits per heavy atom. The Labute approximate surface area is 304 Å². The van der Waals surface area contributed by atoms with Crippen molar-refractivity contribution in [1.29, 1.82) is 0 Å². The van der Waals surface area contributed by atoms with Crippen LogP contribution >= 0.6 is 0 Å². The first-order valence-corrected chi connectivity index (χ1v) is 17.4. The molecule has 0 saturated carbocycles. The van der Waals surface area contributed by atoms with Crippen molar-refractivity contribution in [2.75, 3.05) is 0 Å². The third-order valence-corrected chi connectivity index (χ3v) is 8.75. The summed E-state index contributed by atoms with van der Waals surface area (Å²) in [6.45, 7) is 7.15. The second-order valence-electron chi connectivity index (χ2n) is 13.5. The molecule has 0 aliphatic heterocycles. The van der Waals surface area contributed by atoms with E-state index in [0.29, 0.717) is 0 Å². The zero-order valence-corrected chi connectivity index (χ0v) is 29.8. The molecule has 0 radical (unpaired) electrons. The lowest BCUT2D eigenvalue weighted by molar-refractivity contribution is -0.129. The normalized spacial score (nSPS) is 14.7. The van der Waals surface area contributed by atoms with Gasteiger partial charge in [0.15, 0.2) is 0 Å². The molecule has 6 atom stereocenters. The predicted octanol–water partition coefficient (Wildman–Crippen LogP) is 2.86. The molecule has 4 amide bonds. The molecular formula is C40H48N6O6. The van der Waals surface area contributed by atoms with Gasteiger partial charge in [0.25, 0.3) is 11.8 Å². The number of nitrogens with zero attached hydrogens (tertiary/aromatic N) is 2. The molecule has 2 aromatic heterocycles. The number of hydrogen-bond donors (Lipinski definition) is 6. The quantitative estimate of drug-likeness (QED) is 0.0968. The van der Waals surface area contributed by atoms with Crippen LogP contribution in [0.4, 0.5) is 0 Å². The predicted molar refractivity (Wildman–Crippen MR) is 197 cm³/mol. The van der Waals surface area contributed by atoms with Crippen LogP contribution in [-0.2, 0) is 22.4 Å². The van der Waals surface area contributed by atoms with E-state index in [1.165, 1.54) is 12.4 Å². The fraction of sp³-hybridized carbons (Fsp3) is 0.350. The minimum absolute atomic E-state index is 0.133. The van der Waals surface area contributed by atoms with Gasteiger partial charge in [-0.05, 0) is 60.1 Å². The van der Waals surface area contributed by atoms with E-state index in [0.717, 1.165) is 11.1 Å².